The van der Waals surface area contributed by atoms with Gasteiger partial charge >= 0.3 is 0 Å². The van der Waals surface area contributed by atoms with Gasteiger partial charge in [-0.05, 0) is 50.6 Å². The molecule has 4 rings (SSSR count). The van der Waals surface area contributed by atoms with Crippen LogP contribution in [0.15, 0.2) is 30.5 Å². The number of morpholine rings is 1. The highest BCUT2D eigenvalue weighted by Gasteiger charge is 2.14. The van der Waals surface area contributed by atoms with Crippen molar-refractivity contribution in [1.82, 2.24) is 14.9 Å². The first-order chi connectivity index (χ1) is 14.8. The standard InChI is InChI=1S/C22H31N5O3/c1-28-19-6-5-18(17-20(19)30-14-4-11-26-9-2-3-10-26)24-22-23-8-7-21(25-22)27-12-15-29-16-13-27/h5-8,17H,2-4,9-16H2,1H3,(H,23,24,25). The first-order valence-corrected chi connectivity index (χ1v) is 10.8. The zero-order valence-electron chi connectivity index (χ0n) is 17.7. The Labute approximate surface area is 178 Å². The lowest BCUT2D eigenvalue weighted by atomic mass is 10.2. The van der Waals surface area contributed by atoms with E-state index in [-0.39, 0.29) is 0 Å². The predicted octanol–water partition coefficient (Wildman–Crippen LogP) is 2.93. The molecule has 0 aliphatic carbocycles. The van der Waals surface area contributed by atoms with Crippen LogP contribution < -0.4 is 19.7 Å². The molecule has 2 saturated heterocycles. The highest BCUT2D eigenvalue weighted by atomic mass is 16.5. The van der Waals surface area contributed by atoms with E-state index in [1.165, 1.54) is 25.9 Å². The van der Waals surface area contributed by atoms with Crippen LogP contribution in [0.1, 0.15) is 19.3 Å². The zero-order valence-corrected chi connectivity index (χ0v) is 17.7. The lowest BCUT2D eigenvalue weighted by Gasteiger charge is -2.27. The smallest absolute Gasteiger partial charge is 0.229 e. The summed E-state index contributed by atoms with van der Waals surface area (Å²) in [6.07, 6.45) is 5.42. The van der Waals surface area contributed by atoms with E-state index in [0.29, 0.717) is 12.6 Å². The lowest BCUT2D eigenvalue weighted by molar-refractivity contribution is 0.122. The number of nitrogens with one attached hydrogen (secondary N) is 1. The molecule has 3 heterocycles. The fourth-order valence-corrected chi connectivity index (χ4v) is 3.85. The predicted molar refractivity (Wildman–Crippen MR) is 117 cm³/mol. The summed E-state index contributed by atoms with van der Waals surface area (Å²) in [6.45, 7) is 7.32. The first kappa shape index (κ1) is 20.7. The Kier molecular flexibility index (Phi) is 7.20. The second-order valence-electron chi connectivity index (χ2n) is 7.58. The molecule has 2 fully saturated rings. The van der Waals surface area contributed by atoms with Crippen molar-refractivity contribution >= 4 is 17.5 Å². The normalized spacial score (nSPS) is 17.2. The fraction of sp³-hybridized carbons (Fsp3) is 0.545. The van der Waals surface area contributed by atoms with E-state index in [1.54, 1.807) is 13.3 Å². The number of ether oxygens (including phenoxy) is 3. The minimum Gasteiger partial charge on any atom is -0.493 e. The number of rotatable bonds is 9. The molecule has 30 heavy (non-hydrogen) atoms. The third kappa shape index (κ3) is 5.52. The molecule has 8 heteroatoms. The summed E-state index contributed by atoms with van der Waals surface area (Å²) in [6, 6.07) is 7.73. The molecule has 8 nitrogen and oxygen atoms in total. The van der Waals surface area contributed by atoms with Gasteiger partial charge < -0.3 is 29.3 Å². The summed E-state index contributed by atoms with van der Waals surface area (Å²) in [5.41, 5.74) is 0.865. The molecule has 1 aromatic carbocycles. The summed E-state index contributed by atoms with van der Waals surface area (Å²) in [7, 11) is 1.66. The second kappa shape index (κ2) is 10.4. The fourth-order valence-electron chi connectivity index (χ4n) is 3.85. The third-order valence-electron chi connectivity index (χ3n) is 5.47. The molecule has 2 aromatic rings. The number of methoxy groups -OCH3 is 1. The Bertz CT molecular complexity index is 807. The van der Waals surface area contributed by atoms with Crippen LogP contribution in [0.4, 0.5) is 17.5 Å². The molecule has 0 atom stereocenters. The molecule has 0 radical (unpaired) electrons. The molecular formula is C22H31N5O3. The van der Waals surface area contributed by atoms with Crippen molar-refractivity contribution in [2.45, 2.75) is 19.3 Å². The van der Waals surface area contributed by atoms with Crippen molar-refractivity contribution in [3.8, 4) is 11.5 Å². The van der Waals surface area contributed by atoms with Crippen LogP contribution in [0.3, 0.4) is 0 Å². The van der Waals surface area contributed by atoms with E-state index in [1.807, 2.05) is 24.3 Å². The maximum Gasteiger partial charge on any atom is 0.229 e. The van der Waals surface area contributed by atoms with Gasteiger partial charge in [0, 0.05) is 37.6 Å². The van der Waals surface area contributed by atoms with E-state index >= 15 is 0 Å². The van der Waals surface area contributed by atoms with Crippen molar-refractivity contribution < 1.29 is 14.2 Å². The zero-order chi connectivity index (χ0) is 20.6. The molecule has 2 aliphatic heterocycles. The van der Waals surface area contributed by atoms with Gasteiger partial charge in [0.15, 0.2) is 11.5 Å². The van der Waals surface area contributed by atoms with Crippen molar-refractivity contribution in [1.29, 1.82) is 0 Å². The average Bonchev–Trinajstić information content (AvgIpc) is 3.31. The van der Waals surface area contributed by atoms with Gasteiger partial charge in [0.2, 0.25) is 5.95 Å². The second-order valence-corrected chi connectivity index (χ2v) is 7.58. The van der Waals surface area contributed by atoms with Gasteiger partial charge in [-0.15, -0.1) is 0 Å². The van der Waals surface area contributed by atoms with E-state index in [2.05, 4.69) is 25.1 Å². The molecule has 0 bridgehead atoms. The largest absolute Gasteiger partial charge is 0.493 e. The van der Waals surface area contributed by atoms with Gasteiger partial charge in [-0.2, -0.15) is 4.98 Å². The summed E-state index contributed by atoms with van der Waals surface area (Å²) in [5, 5.41) is 3.29. The molecule has 1 aromatic heterocycles. The highest BCUT2D eigenvalue weighted by Crippen LogP contribution is 2.31. The van der Waals surface area contributed by atoms with Crippen molar-refractivity contribution in [3.63, 3.8) is 0 Å². The van der Waals surface area contributed by atoms with Gasteiger partial charge in [0.25, 0.3) is 0 Å². The Morgan fingerprint density at radius 2 is 1.90 bits per heavy atom. The highest BCUT2D eigenvalue weighted by molar-refractivity contribution is 5.60. The summed E-state index contributed by atoms with van der Waals surface area (Å²) in [4.78, 5) is 13.7. The Hall–Kier alpha value is -2.58. The maximum absolute atomic E-state index is 6.03. The van der Waals surface area contributed by atoms with E-state index in [0.717, 1.165) is 62.3 Å². The van der Waals surface area contributed by atoms with Crippen LogP contribution in [0, 0.1) is 0 Å². The molecule has 0 unspecified atom stereocenters. The number of likely N-dealkylation sites (tertiary alicyclic amines) is 1. The molecular weight excluding hydrogens is 382 g/mol. The SMILES string of the molecule is COc1ccc(Nc2nccc(N3CCOCC3)n2)cc1OCCCN1CCCC1. The molecule has 0 saturated carbocycles. The van der Waals surface area contributed by atoms with E-state index < -0.39 is 0 Å². The van der Waals surface area contributed by atoms with Crippen molar-refractivity contribution in [2.24, 2.45) is 0 Å². The number of hydrogen-bond donors (Lipinski definition) is 1. The molecule has 0 spiro atoms. The first-order valence-electron chi connectivity index (χ1n) is 10.8. The van der Waals surface area contributed by atoms with Gasteiger partial charge in [0.1, 0.15) is 5.82 Å². The Balaban J connectivity index is 1.37. The van der Waals surface area contributed by atoms with Crippen LogP contribution in [0.25, 0.3) is 0 Å². The molecule has 1 N–H and O–H groups in total. The van der Waals surface area contributed by atoms with Crippen LogP contribution >= 0.6 is 0 Å². The van der Waals surface area contributed by atoms with E-state index in [4.69, 9.17) is 14.2 Å². The van der Waals surface area contributed by atoms with Gasteiger partial charge in [-0.3, -0.25) is 0 Å². The van der Waals surface area contributed by atoms with Crippen LogP contribution in [0.5, 0.6) is 11.5 Å². The maximum atomic E-state index is 6.03. The number of anilines is 3. The van der Waals surface area contributed by atoms with E-state index in [9.17, 15) is 0 Å². The van der Waals surface area contributed by atoms with Gasteiger partial charge in [0.05, 0.1) is 26.9 Å². The van der Waals surface area contributed by atoms with Gasteiger partial charge in [-0.1, -0.05) is 0 Å². The number of benzene rings is 1. The number of nitrogens with zero attached hydrogens (tertiary/aromatic N) is 4. The van der Waals surface area contributed by atoms with Gasteiger partial charge in [-0.25, -0.2) is 4.98 Å². The topological polar surface area (TPSA) is 72.0 Å². The number of hydrogen-bond acceptors (Lipinski definition) is 8. The minimum absolute atomic E-state index is 0.559. The quantitative estimate of drug-likeness (QED) is 0.629. The summed E-state index contributed by atoms with van der Waals surface area (Å²) < 4.78 is 16.9. The van der Waals surface area contributed by atoms with Crippen LogP contribution in [-0.4, -0.2) is 74.5 Å². The van der Waals surface area contributed by atoms with Crippen molar-refractivity contribution in [3.05, 3.63) is 30.5 Å². The van der Waals surface area contributed by atoms with Crippen LogP contribution in [0.2, 0.25) is 0 Å². The van der Waals surface area contributed by atoms with Crippen molar-refractivity contribution in [2.75, 3.05) is 69.9 Å². The molecule has 162 valence electrons. The lowest BCUT2D eigenvalue weighted by Crippen LogP contribution is -2.36. The average molecular weight is 414 g/mol. The summed E-state index contributed by atoms with van der Waals surface area (Å²) >= 11 is 0. The Morgan fingerprint density at radius 1 is 1.07 bits per heavy atom. The van der Waals surface area contributed by atoms with Crippen LogP contribution in [-0.2, 0) is 4.74 Å². The minimum atomic E-state index is 0.559. The Morgan fingerprint density at radius 3 is 2.70 bits per heavy atom. The monoisotopic (exact) mass is 413 g/mol. The summed E-state index contributed by atoms with van der Waals surface area (Å²) in [5.74, 6) is 2.92. The number of aromatic nitrogens is 2. The molecule has 0 amide bonds. The third-order valence-corrected chi connectivity index (χ3v) is 5.47. The molecule has 2 aliphatic rings.